The molecule has 3 aliphatic rings. The standard InChI is InChI=1S/C13H23NO2/c1-15-10-6-13(7-11(10)16-2)9-4-3-8(5-9)12(13)14/h8-12H,3-7,14H2,1-2H3/t8?,9?,10-,11?,12?,13?/m1/s1. The van der Waals surface area contributed by atoms with Gasteiger partial charge in [0, 0.05) is 20.3 Å². The molecule has 0 radical (unpaired) electrons. The topological polar surface area (TPSA) is 44.5 Å². The zero-order valence-electron chi connectivity index (χ0n) is 10.3. The highest BCUT2D eigenvalue weighted by atomic mass is 16.5. The molecular weight excluding hydrogens is 202 g/mol. The molecule has 0 amide bonds. The quantitative estimate of drug-likeness (QED) is 0.775. The molecule has 0 aromatic heterocycles. The van der Waals surface area contributed by atoms with Gasteiger partial charge in [0.2, 0.25) is 0 Å². The maximum atomic E-state index is 6.48. The van der Waals surface area contributed by atoms with Crippen LogP contribution in [0.2, 0.25) is 0 Å². The van der Waals surface area contributed by atoms with Crippen LogP contribution in [0.5, 0.6) is 0 Å². The Morgan fingerprint density at radius 3 is 2.12 bits per heavy atom. The fraction of sp³-hybridized carbons (Fsp3) is 1.00. The summed E-state index contributed by atoms with van der Waals surface area (Å²) in [6, 6.07) is 0.393. The fourth-order valence-corrected chi connectivity index (χ4v) is 4.78. The van der Waals surface area contributed by atoms with Crippen LogP contribution in [0, 0.1) is 17.3 Å². The van der Waals surface area contributed by atoms with Gasteiger partial charge in [0.15, 0.2) is 0 Å². The number of hydrogen-bond donors (Lipinski definition) is 1. The molecule has 3 heteroatoms. The fourth-order valence-electron chi connectivity index (χ4n) is 4.78. The van der Waals surface area contributed by atoms with E-state index in [1.165, 1.54) is 19.3 Å². The number of ether oxygens (including phenoxy) is 2. The van der Waals surface area contributed by atoms with Gasteiger partial charge < -0.3 is 15.2 Å². The molecule has 3 nitrogen and oxygen atoms in total. The minimum atomic E-state index is 0.260. The van der Waals surface area contributed by atoms with E-state index in [9.17, 15) is 0 Å². The lowest BCUT2D eigenvalue weighted by Crippen LogP contribution is -2.45. The smallest absolute Gasteiger partial charge is 0.0838 e. The first-order chi connectivity index (χ1) is 7.71. The predicted molar refractivity (Wildman–Crippen MR) is 62.1 cm³/mol. The SMILES string of the molecule is COC1CC2(C[C@H]1OC)C1CCC(C1)C2N. The second kappa shape index (κ2) is 3.69. The number of methoxy groups -OCH3 is 2. The number of fused-ring (bicyclic) bond motifs is 3. The number of rotatable bonds is 2. The van der Waals surface area contributed by atoms with Crippen molar-refractivity contribution in [3.05, 3.63) is 0 Å². The predicted octanol–water partition coefficient (Wildman–Crippen LogP) is 1.55. The van der Waals surface area contributed by atoms with Crippen molar-refractivity contribution in [1.29, 1.82) is 0 Å². The van der Waals surface area contributed by atoms with Crippen LogP contribution in [-0.2, 0) is 9.47 Å². The van der Waals surface area contributed by atoms with Gasteiger partial charge in [-0.15, -0.1) is 0 Å². The van der Waals surface area contributed by atoms with Gasteiger partial charge in [-0.3, -0.25) is 0 Å². The Morgan fingerprint density at radius 2 is 1.69 bits per heavy atom. The summed E-state index contributed by atoms with van der Waals surface area (Å²) in [5.74, 6) is 1.61. The largest absolute Gasteiger partial charge is 0.379 e. The van der Waals surface area contributed by atoms with Crippen molar-refractivity contribution >= 4 is 0 Å². The Balaban J connectivity index is 1.85. The zero-order chi connectivity index (χ0) is 11.3. The second-order valence-corrected chi connectivity index (χ2v) is 5.99. The van der Waals surface area contributed by atoms with Gasteiger partial charge in [-0.1, -0.05) is 0 Å². The summed E-state index contributed by atoms with van der Waals surface area (Å²) in [6.45, 7) is 0. The highest BCUT2D eigenvalue weighted by Gasteiger charge is 2.61. The highest BCUT2D eigenvalue weighted by molar-refractivity contribution is 5.13. The van der Waals surface area contributed by atoms with Gasteiger partial charge in [-0.05, 0) is 49.4 Å². The Labute approximate surface area is 97.7 Å². The summed E-state index contributed by atoms with van der Waals surface area (Å²) in [5, 5.41) is 0. The van der Waals surface area contributed by atoms with Crippen LogP contribution >= 0.6 is 0 Å². The zero-order valence-corrected chi connectivity index (χ0v) is 10.3. The molecule has 2 N–H and O–H groups in total. The van der Waals surface area contributed by atoms with E-state index >= 15 is 0 Å². The molecule has 2 bridgehead atoms. The van der Waals surface area contributed by atoms with Crippen molar-refractivity contribution in [1.82, 2.24) is 0 Å². The van der Waals surface area contributed by atoms with Crippen LogP contribution in [0.25, 0.3) is 0 Å². The molecule has 1 spiro atoms. The van der Waals surface area contributed by atoms with E-state index < -0.39 is 0 Å². The Morgan fingerprint density at radius 1 is 1.06 bits per heavy atom. The summed E-state index contributed by atoms with van der Waals surface area (Å²) >= 11 is 0. The minimum absolute atomic E-state index is 0.260. The molecule has 3 saturated carbocycles. The first-order valence-electron chi connectivity index (χ1n) is 6.52. The van der Waals surface area contributed by atoms with E-state index in [-0.39, 0.29) is 12.2 Å². The summed E-state index contributed by atoms with van der Waals surface area (Å²) < 4.78 is 11.2. The lowest BCUT2D eigenvalue weighted by Gasteiger charge is -2.39. The molecule has 6 atom stereocenters. The average Bonchev–Trinajstić information content (AvgIpc) is 2.97. The third-order valence-electron chi connectivity index (χ3n) is 5.64. The first kappa shape index (κ1) is 11.0. The minimum Gasteiger partial charge on any atom is -0.379 e. The molecule has 0 saturated heterocycles. The van der Waals surface area contributed by atoms with E-state index in [0.717, 1.165) is 24.7 Å². The van der Waals surface area contributed by atoms with Crippen LogP contribution in [-0.4, -0.2) is 32.5 Å². The monoisotopic (exact) mass is 225 g/mol. The van der Waals surface area contributed by atoms with Gasteiger partial charge in [-0.25, -0.2) is 0 Å². The molecule has 0 heterocycles. The van der Waals surface area contributed by atoms with E-state index in [2.05, 4.69) is 0 Å². The molecular formula is C13H23NO2. The Hall–Kier alpha value is -0.120. The first-order valence-corrected chi connectivity index (χ1v) is 6.52. The normalized spacial score (nSPS) is 55.3. The van der Waals surface area contributed by atoms with E-state index in [1.54, 1.807) is 14.2 Å². The average molecular weight is 225 g/mol. The lowest BCUT2D eigenvalue weighted by atomic mass is 9.69. The molecule has 3 rings (SSSR count). The van der Waals surface area contributed by atoms with E-state index in [4.69, 9.17) is 15.2 Å². The summed E-state index contributed by atoms with van der Waals surface area (Å²) in [5.41, 5.74) is 6.82. The number of hydrogen-bond acceptors (Lipinski definition) is 3. The molecule has 16 heavy (non-hydrogen) atoms. The van der Waals surface area contributed by atoms with Crippen LogP contribution in [0.3, 0.4) is 0 Å². The van der Waals surface area contributed by atoms with Crippen molar-refractivity contribution < 1.29 is 9.47 Å². The third-order valence-corrected chi connectivity index (χ3v) is 5.64. The van der Waals surface area contributed by atoms with Crippen LogP contribution in [0.15, 0.2) is 0 Å². The van der Waals surface area contributed by atoms with Crippen molar-refractivity contribution in [2.24, 2.45) is 23.0 Å². The molecule has 3 fully saturated rings. The van der Waals surface area contributed by atoms with Crippen LogP contribution in [0.4, 0.5) is 0 Å². The van der Waals surface area contributed by atoms with E-state index in [0.29, 0.717) is 11.5 Å². The van der Waals surface area contributed by atoms with Gasteiger partial charge in [0.1, 0.15) is 0 Å². The summed E-state index contributed by atoms with van der Waals surface area (Å²) in [7, 11) is 3.60. The van der Waals surface area contributed by atoms with Gasteiger partial charge >= 0.3 is 0 Å². The van der Waals surface area contributed by atoms with Gasteiger partial charge in [-0.2, -0.15) is 0 Å². The van der Waals surface area contributed by atoms with Crippen LogP contribution < -0.4 is 5.73 Å². The maximum Gasteiger partial charge on any atom is 0.0838 e. The van der Waals surface area contributed by atoms with E-state index in [1.807, 2.05) is 0 Å². The molecule has 5 unspecified atom stereocenters. The molecule has 0 aromatic rings. The van der Waals surface area contributed by atoms with Crippen LogP contribution in [0.1, 0.15) is 32.1 Å². The van der Waals surface area contributed by atoms with Crippen molar-refractivity contribution in [2.75, 3.05) is 14.2 Å². The third kappa shape index (κ3) is 1.25. The highest BCUT2D eigenvalue weighted by Crippen LogP contribution is 2.62. The molecule has 0 aliphatic heterocycles. The second-order valence-electron chi connectivity index (χ2n) is 5.99. The molecule has 0 aromatic carbocycles. The Bertz CT molecular complexity index is 265. The Kier molecular flexibility index (Phi) is 2.54. The molecule has 92 valence electrons. The van der Waals surface area contributed by atoms with Gasteiger partial charge in [0.25, 0.3) is 0 Å². The van der Waals surface area contributed by atoms with Crippen molar-refractivity contribution in [2.45, 2.75) is 50.4 Å². The summed E-state index contributed by atoms with van der Waals surface area (Å²) in [4.78, 5) is 0. The van der Waals surface area contributed by atoms with Gasteiger partial charge in [0.05, 0.1) is 12.2 Å². The number of nitrogens with two attached hydrogens (primary N) is 1. The van der Waals surface area contributed by atoms with Crippen molar-refractivity contribution in [3.63, 3.8) is 0 Å². The lowest BCUT2D eigenvalue weighted by molar-refractivity contribution is -0.0157. The molecule has 3 aliphatic carbocycles. The van der Waals surface area contributed by atoms with Crippen molar-refractivity contribution in [3.8, 4) is 0 Å². The maximum absolute atomic E-state index is 6.48. The summed E-state index contributed by atoms with van der Waals surface area (Å²) in [6.07, 6.45) is 6.84.